The molecule has 0 radical (unpaired) electrons. The number of carbonyl (C=O) groups is 1. The number of aryl methyl sites for hydroxylation is 1. The van der Waals surface area contributed by atoms with E-state index in [9.17, 15) is 4.79 Å². The normalized spacial score (nSPS) is 17.4. The van der Waals surface area contributed by atoms with Crippen molar-refractivity contribution in [2.24, 2.45) is 0 Å². The molecule has 1 saturated heterocycles. The van der Waals surface area contributed by atoms with Gasteiger partial charge in [0.25, 0.3) is 5.91 Å². The maximum Gasteiger partial charge on any atom is 0.255 e. The first-order chi connectivity index (χ1) is 13.6. The van der Waals surface area contributed by atoms with Gasteiger partial charge >= 0.3 is 0 Å². The van der Waals surface area contributed by atoms with Crippen LogP contribution in [0.5, 0.6) is 5.75 Å². The molecule has 0 bridgehead atoms. The maximum atomic E-state index is 12.2. The Balaban J connectivity index is 1.27. The predicted molar refractivity (Wildman–Crippen MR) is 107 cm³/mol. The molecule has 7 heteroatoms. The zero-order chi connectivity index (χ0) is 19.3. The highest BCUT2D eigenvalue weighted by atomic mass is 16.5. The zero-order valence-electron chi connectivity index (χ0n) is 16.1. The number of carbonyl (C=O) groups excluding carboxylic acids is 1. The van der Waals surface area contributed by atoms with Gasteiger partial charge in [0.15, 0.2) is 0 Å². The number of ether oxygens (including phenoxy) is 1. The number of nitrogens with zero attached hydrogens (tertiary/aromatic N) is 4. The van der Waals surface area contributed by atoms with E-state index in [-0.39, 0.29) is 12.0 Å². The Hall–Kier alpha value is -3.09. The van der Waals surface area contributed by atoms with Crippen molar-refractivity contribution in [1.82, 2.24) is 20.1 Å². The van der Waals surface area contributed by atoms with Crippen molar-refractivity contribution >= 4 is 22.6 Å². The third-order valence-electron chi connectivity index (χ3n) is 5.69. The highest BCUT2D eigenvalue weighted by molar-refractivity contribution is 5.98. The number of aromatic nitrogens is 3. The van der Waals surface area contributed by atoms with E-state index in [1.807, 2.05) is 44.4 Å². The number of fused-ring (bicyclic) bond motifs is 2. The van der Waals surface area contributed by atoms with E-state index in [2.05, 4.69) is 15.1 Å². The van der Waals surface area contributed by atoms with Crippen LogP contribution >= 0.6 is 0 Å². The monoisotopic (exact) mass is 377 g/mol. The van der Waals surface area contributed by atoms with E-state index in [4.69, 9.17) is 9.72 Å². The zero-order valence-corrected chi connectivity index (χ0v) is 16.1. The van der Waals surface area contributed by atoms with Gasteiger partial charge in [-0.15, -0.1) is 0 Å². The minimum absolute atomic E-state index is 0.0684. The van der Waals surface area contributed by atoms with Crippen LogP contribution in [0.25, 0.3) is 10.9 Å². The van der Waals surface area contributed by atoms with Crippen LogP contribution in [0, 0.1) is 6.92 Å². The molecule has 144 valence electrons. The second-order valence-corrected chi connectivity index (χ2v) is 7.71. The molecule has 4 heterocycles. The first kappa shape index (κ1) is 17.0. The second-order valence-electron chi connectivity index (χ2n) is 7.71. The number of piperidine rings is 1. The van der Waals surface area contributed by atoms with Crippen molar-refractivity contribution < 1.29 is 9.53 Å². The Kier molecular flexibility index (Phi) is 3.96. The molecule has 0 unspecified atom stereocenters. The number of benzene rings is 1. The lowest BCUT2D eigenvalue weighted by atomic mass is 10.1. The van der Waals surface area contributed by atoms with Crippen LogP contribution in [-0.4, -0.2) is 52.2 Å². The van der Waals surface area contributed by atoms with Crippen LogP contribution in [0.1, 0.15) is 34.5 Å². The van der Waals surface area contributed by atoms with Crippen molar-refractivity contribution in [1.29, 1.82) is 0 Å². The molecular weight excluding hydrogens is 354 g/mol. The minimum Gasteiger partial charge on any atom is -0.490 e. The number of aromatic amines is 1. The third kappa shape index (κ3) is 2.87. The molecule has 0 saturated carbocycles. The van der Waals surface area contributed by atoms with Crippen LogP contribution in [0.15, 0.2) is 30.5 Å². The number of hydrogen-bond acceptors (Lipinski definition) is 5. The van der Waals surface area contributed by atoms with E-state index in [1.54, 1.807) is 4.90 Å². The Labute approximate surface area is 163 Å². The maximum absolute atomic E-state index is 12.2. The molecular formula is C21H23N5O2. The SMILES string of the molecule is Cc1cc2c(nc1N1CCC(Oc3ccc4[nH]ncc4c3)CC1)CN(C)C2=O. The summed E-state index contributed by atoms with van der Waals surface area (Å²) in [4.78, 5) is 21.0. The molecule has 1 aromatic carbocycles. The first-order valence-electron chi connectivity index (χ1n) is 9.69. The average molecular weight is 377 g/mol. The summed E-state index contributed by atoms with van der Waals surface area (Å²) in [6.07, 6.45) is 3.90. The highest BCUT2D eigenvalue weighted by Gasteiger charge is 2.29. The summed E-state index contributed by atoms with van der Waals surface area (Å²) in [5, 5.41) is 8.08. The molecule has 1 fully saturated rings. The summed E-state index contributed by atoms with van der Waals surface area (Å²) < 4.78 is 6.21. The second kappa shape index (κ2) is 6.51. The van der Waals surface area contributed by atoms with Gasteiger partial charge in [0.1, 0.15) is 17.7 Å². The van der Waals surface area contributed by atoms with E-state index in [1.165, 1.54) is 0 Å². The van der Waals surface area contributed by atoms with Crippen molar-refractivity contribution in [2.45, 2.75) is 32.4 Å². The summed E-state index contributed by atoms with van der Waals surface area (Å²) >= 11 is 0. The number of anilines is 1. The van der Waals surface area contributed by atoms with Gasteiger partial charge in [0.05, 0.1) is 29.5 Å². The van der Waals surface area contributed by atoms with Crippen molar-refractivity contribution in [3.63, 3.8) is 0 Å². The van der Waals surface area contributed by atoms with Crippen molar-refractivity contribution in [2.75, 3.05) is 25.0 Å². The van der Waals surface area contributed by atoms with Gasteiger partial charge in [-0.1, -0.05) is 0 Å². The number of H-pyrrole nitrogens is 1. The van der Waals surface area contributed by atoms with Crippen LogP contribution in [0.2, 0.25) is 0 Å². The Morgan fingerprint density at radius 2 is 2.04 bits per heavy atom. The van der Waals surface area contributed by atoms with Crippen molar-refractivity contribution in [3.8, 4) is 5.75 Å². The molecule has 28 heavy (non-hydrogen) atoms. The molecule has 1 N–H and O–H groups in total. The molecule has 7 nitrogen and oxygen atoms in total. The number of hydrogen-bond donors (Lipinski definition) is 1. The molecule has 2 aliphatic rings. The van der Waals surface area contributed by atoms with Gasteiger partial charge in [-0.25, -0.2) is 4.98 Å². The number of amides is 1. The highest BCUT2D eigenvalue weighted by Crippen LogP contribution is 2.29. The van der Waals surface area contributed by atoms with Gasteiger partial charge in [0, 0.05) is 38.4 Å². The molecule has 3 aromatic rings. The summed E-state index contributed by atoms with van der Waals surface area (Å²) in [5.41, 5.74) is 3.72. The predicted octanol–water partition coefficient (Wildman–Crippen LogP) is 2.90. The van der Waals surface area contributed by atoms with Gasteiger partial charge in [0.2, 0.25) is 0 Å². The number of nitrogens with one attached hydrogen (secondary N) is 1. The quantitative estimate of drug-likeness (QED) is 0.760. The summed E-state index contributed by atoms with van der Waals surface area (Å²) in [6, 6.07) is 8.02. The van der Waals surface area contributed by atoms with Crippen LogP contribution in [0.3, 0.4) is 0 Å². The van der Waals surface area contributed by atoms with Crippen LogP contribution < -0.4 is 9.64 Å². The van der Waals surface area contributed by atoms with E-state index in [0.717, 1.165) is 65.2 Å². The smallest absolute Gasteiger partial charge is 0.255 e. The number of rotatable bonds is 3. The topological polar surface area (TPSA) is 74.4 Å². The lowest BCUT2D eigenvalue weighted by Gasteiger charge is -2.34. The minimum atomic E-state index is 0.0684. The molecule has 0 spiro atoms. The molecule has 1 amide bonds. The molecule has 5 rings (SSSR count). The van der Waals surface area contributed by atoms with Gasteiger partial charge < -0.3 is 14.5 Å². The van der Waals surface area contributed by atoms with Crippen LogP contribution in [0.4, 0.5) is 5.82 Å². The molecule has 0 aliphatic carbocycles. The summed E-state index contributed by atoms with van der Waals surface area (Å²) in [5.74, 6) is 1.96. The van der Waals surface area contributed by atoms with Gasteiger partial charge in [-0.3, -0.25) is 9.89 Å². The fourth-order valence-corrected chi connectivity index (χ4v) is 4.14. The standard InChI is InChI=1S/C21H23N5O2/c1-13-9-17-19(12-25(2)21(17)27)23-20(13)26-7-5-15(6-8-26)28-16-3-4-18-14(10-16)11-22-24-18/h3-4,9-11,15H,5-8,12H2,1-2H3,(H,22,24). The van der Waals surface area contributed by atoms with E-state index >= 15 is 0 Å². The lowest BCUT2D eigenvalue weighted by molar-refractivity contribution is 0.0816. The Morgan fingerprint density at radius 3 is 2.86 bits per heavy atom. The molecule has 2 aliphatic heterocycles. The average Bonchev–Trinajstić information content (AvgIpc) is 3.27. The fourth-order valence-electron chi connectivity index (χ4n) is 4.14. The summed E-state index contributed by atoms with van der Waals surface area (Å²) in [6.45, 7) is 4.43. The largest absolute Gasteiger partial charge is 0.490 e. The first-order valence-corrected chi connectivity index (χ1v) is 9.69. The Bertz CT molecular complexity index is 1050. The van der Waals surface area contributed by atoms with Crippen molar-refractivity contribution in [3.05, 3.63) is 47.3 Å². The van der Waals surface area contributed by atoms with Crippen LogP contribution in [-0.2, 0) is 6.54 Å². The number of pyridine rings is 1. The fraction of sp³-hybridized carbons (Fsp3) is 0.381. The van der Waals surface area contributed by atoms with Gasteiger partial charge in [-0.2, -0.15) is 5.10 Å². The lowest BCUT2D eigenvalue weighted by Crippen LogP contribution is -2.39. The van der Waals surface area contributed by atoms with Gasteiger partial charge in [-0.05, 0) is 36.8 Å². The Morgan fingerprint density at radius 1 is 1.21 bits per heavy atom. The summed E-state index contributed by atoms with van der Waals surface area (Å²) in [7, 11) is 1.82. The molecule has 0 atom stereocenters. The molecule has 2 aromatic heterocycles. The van der Waals surface area contributed by atoms with E-state index < -0.39 is 0 Å². The van der Waals surface area contributed by atoms with E-state index in [0.29, 0.717) is 6.54 Å². The third-order valence-corrected chi connectivity index (χ3v) is 5.69.